The van der Waals surface area contributed by atoms with Gasteiger partial charge in [-0.25, -0.2) is 9.97 Å². The number of carbonyl (C=O) groups is 2. The predicted molar refractivity (Wildman–Crippen MR) is 191 cm³/mol. The van der Waals surface area contributed by atoms with Gasteiger partial charge >= 0.3 is 0 Å². The number of hydrogen-bond donors (Lipinski definition) is 2. The minimum atomic E-state index is 0.171. The molecule has 2 amide bonds. The maximum Gasteiger partial charge on any atom is 0.223 e. The van der Waals surface area contributed by atoms with Crippen LogP contribution in [0.4, 0.5) is 0 Å². The lowest BCUT2D eigenvalue weighted by Gasteiger charge is -2.30. The molecular weight excluding hydrogens is 600 g/mol. The third kappa shape index (κ3) is 6.68. The molecule has 0 bridgehead atoms. The monoisotopic (exact) mass is 648 g/mol. The second-order valence-corrected chi connectivity index (χ2v) is 12.9. The van der Waals surface area contributed by atoms with E-state index in [1.54, 1.807) is 0 Å². The molecule has 1 aliphatic heterocycles. The highest BCUT2D eigenvalue weighted by Gasteiger charge is 2.24. The number of benzene rings is 3. The Morgan fingerprint density at radius 3 is 2.40 bits per heavy atom. The van der Waals surface area contributed by atoms with Gasteiger partial charge in [-0.15, -0.1) is 0 Å². The SMILES string of the molecule is CCCC(=O)N(CCC)Cc1nc2c(ccc3cc4c(cc32)OCc2cc(-c3cnc(CN(C(=O)CCC)C(CC)CC)[nH]3)ccc2-4)[nH]1. The molecule has 3 heterocycles. The van der Waals surface area contributed by atoms with Gasteiger partial charge in [0.15, 0.2) is 0 Å². The maximum atomic E-state index is 12.9. The second-order valence-electron chi connectivity index (χ2n) is 12.9. The molecule has 9 nitrogen and oxygen atoms in total. The Bertz CT molecular complexity index is 1920. The topological polar surface area (TPSA) is 107 Å². The molecule has 1 aliphatic rings. The first-order chi connectivity index (χ1) is 23.4. The Hall–Kier alpha value is -4.66. The average molecular weight is 649 g/mol. The number of imidazole rings is 2. The summed E-state index contributed by atoms with van der Waals surface area (Å²) in [4.78, 5) is 46.1. The molecule has 3 aromatic carbocycles. The summed E-state index contributed by atoms with van der Waals surface area (Å²) in [5, 5.41) is 2.12. The van der Waals surface area contributed by atoms with E-state index in [1.165, 1.54) is 0 Å². The number of amides is 2. The maximum absolute atomic E-state index is 12.9. The van der Waals surface area contributed by atoms with Crippen molar-refractivity contribution in [3.05, 3.63) is 65.9 Å². The molecule has 0 unspecified atom stereocenters. The van der Waals surface area contributed by atoms with Crippen LogP contribution in [0.5, 0.6) is 5.75 Å². The van der Waals surface area contributed by atoms with E-state index < -0.39 is 0 Å². The average Bonchev–Trinajstić information content (AvgIpc) is 3.74. The number of aromatic amines is 2. The predicted octanol–water partition coefficient (Wildman–Crippen LogP) is 8.52. The van der Waals surface area contributed by atoms with E-state index in [0.29, 0.717) is 32.5 Å². The first-order valence-corrected chi connectivity index (χ1v) is 17.7. The van der Waals surface area contributed by atoms with Crippen LogP contribution < -0.4 is 4.74 Å². The fourth-order valence-electron chi connectivity index (χ4n) is 6.95. The van der Waals surface area contributed by atoms with E-state index in [0.717, 1.165) is 106 Å². The number of rotatable bonds is 14. The highest BCUT2D eigenvalue weighted by Crippen LogP contribution is 2.42. The Kier molecular flexibility index (Phi) is 10.1. The minimum Gasteiger partial charge on any atom is -0.488 e. The first-order valence-electron chi connectivity index (χ1n) is 17.7. The van der Waals surface area contributed by atoms with Crippen molar-refractivity contribution in [1.29, 1.82) is 0 Å². The fourth-order valence-corrected chi connectivity index (χ4v) is 6.95. The number of carbonyl (C=O) groups excluding carboxylic acids is 2. The summed E-state index contributed by atoms with van der Waals surface area (Å²) in [7, 11) is 0. The Morgan fingerprint density at radius 2 is 1.65 bits per heavy atom. The lowest BCUT2D eigenvalue weighted by molar-refractivity contribution is -0.134. The van der Waals surface area contributed by atoms with E-state index in [9.17, 15) is 9.59 Å². The number of nitrogens with one attached hydrogen (secondary N) is 2. The number of fused-ring (bicyclic) bond motifs is 6. The van der Waals surface area contributed by atoms with Crippen molar-refractivity contribution in [1.82, 2.24) is 29.7 Å². The van der Waals surface area contributed by atoms with Crippen LogP contribution in [0, 0.1) is 0 Å². The van der Waals surface area contributed by atoms with E-state index in [4.69, 9.17) is 9.72 Å². The Balaban J connectivity index is 1.26. The van der Waals surface area contributed by atoms with Gasteiger partial charge in [-0.05, 0) is 78.4 Å². The van der Waals surface area contributed by atoms with Crippen molar-refractivity contribution in [2.45, 2.75) is 105 Å². The molecule has 2 aromatic heterocycles. The van der Waals surface area contributed by atoms with Crippen LogP contribution in [0.3, 0.4) is 0 Å². The molecular formula is C39H48N6O3. The molecule has 0 saturated carbocycles. The van der Waals surface area contributed by atoms with Crippen LogP contribution >= 0.6 is 0 Å². The van der Waals surface area contributed by atoms with Gasteiger partial charge in [-0.2, -0.15) is 0 Å². The van der Waals surface area contributed by atoms with E-state index >= 15 is 0 Å². The van der Waals surface area contributed by atoms with E-state index in [-0.39, 0.29) is 17.9 Å². The minimum absolute atomic E-state index is 0.171. The van der Waals surface area contributed by atoms with Gasteiger partial charge in [-0.1, -0.05) is 52.8 Å². The molecule has 5 aromatic rings. The van der Waals surface area contributed by atoms with Crippen molar-refractivity contribution in [3.8, 4) is 28.1 Å². The van der Waals surface area contributed by atoms with E-state index in [1.807, 2.05) is 29.8 Å². The van der Waals surface area contributed by atoms with Gasteiger partial charge < -0.3 is 24.5 Å². The molecule has 48 heavy (non-hydrogen) atoms. The first kappa shape index (κ1) is 33.2. The highest BCUT2D eigenvalue weighted by atomic mass is 16.5. The molecule has 6 rings (SSSR count). The zero-order valence-corrected chi connectivity index (χ0v) is 29.0. The van der Waals surface area contributed by atoms with Crippen molar-refractivity contribution >= 4 is 33.6 Å². The molecule has 2 N–H and O–H groups in total. The molecule has 9 heteroatoms. The lowest BCUT2D eigenvalue weighted by Crippen LogP contribution is -2.39. The number of H-pyrrole nitrogens is 2. The zero-order chi connectivity index (χ0) is 33.8. The third-order valence-electron chi connectivity index (χ3n) is 9.47. The van der Waals surface area contributed by atoms with Gasteiger partial charge in [-0.3, -0.25) is 9.59 Å². The Morgan fingerprint density at radius 1 is 0.854 bits per heavy atom. The summed E-state index contributed by atoms with van der Waals surface area (Å²) in [6.07, 6.45) is 7.40. The number of ether oxygens (including phenoxy) is 1. The third-order valence-corrected chi connectivity index (χ3v) is 9.47. The zero-order valence-electron chi connectivity index (χ0n) is 29.0. The molecule has 0 saturated heterocycles. The van der Waals surface area contributed by atoms with Crippen LogP contribution in [0.25, 0.3) is 44.2 Å². The quantitative estimate of drug-likeness (QED) is 0.126. The van der Waals surface area contributed by atoms with Gasteiger partial charge in [0.05, 0.1) is 36.0 Å². The summed E-state index contributed by atoms with van der Waals surface area (Å²) in [5.74, 6) is 2.79. The summed E-state index contributed by atoms with van der Waals surface area (Å²) in [6, 6.07) is 15.2. The van der Waals surface area contributed by atoms with Gasteiger partial charge in [0.25, 0.3) is 0 Å². The summed E-state index contributed by atoms with van der Waals surface area (Å²) in [5.41, 5.74) is 7.13. The number of hydrogen-bond acceptors (Lipinski definition) is 5. The Labute approximate surface area is 283 Å². The van der Waals surface area contributed by atoms with Gasteiger partial charge in [0.1, 0.15) is 24.0 Å². The molecule has 0 fully saturated rings. The van der Waals surface area contributed by atoms with Crippen LogP contribution in [0.15, 0.2) is 48.7 Å². The van der Waals surface area contributed by atoms with Crippen molar-refractivity contribution in [3.63, 3.8) is 0 Å². The molecule has 0 aliphatic carbocycles. The highest BCUT2D eigenvalue weighted by molar-refractivity contribution is 6.07. The van der Waals surface area contributed by atoms with Crippen LogP contribution in [0.1, 0.15) is 96.8 Å². The smallest absolute Gasteiger partial charge is 0.223 e. The molecule has 252 valence electrons. The normalized spacial score (nSPS) is 12.3. The fraction of sp³-hybridized carbons (Fsp3) is 0.436. The summed E-state index contributed by atoms with van der Waals surface area (Å²) >= 11 is 0. The van der Waals surface area contributed by atoms with Crippen molar-refractivity contribution < 1.29 is 14.3 Å². The summed E-state index contributed by atoms with van der Waals surface area (Å²) < 4.78 is 6.36. The standard InChI is InChI=1S/C39H48N6O3/c1-6-11-37(46)44(17-8-3)22-36-41-32-16-14-25-19-31-29-15-13-26(18-27(29)24-48-34(31)20-30(25)39(32)43-36)33-21-40-35(42-33)23-45(28(9-4)10-5)38(47)12-7-2/h13-16,18-21,28H,6-12,17,22-24H2,1-5H3,(H,40,42)(H,41,43). The molecule has 0 spiro atoms. The molecule has 0 radical (unpaired) electrons. The lowest BCUT2D eigenvalue weighted by atomic mass is 9.92. The summed E-state index contributed by atoms with van der Waals surface area (Å²) in [6.45, 7) is 12.6. The van der Waals surface area contributed by atoms with Crippen LogP contribution in [0.2, 0.25) is 0 Å². The van der Waals surface area contributed by atoms with Crippen LogP contribution in [-0.4, -0.2) is 54.1 Å². The number of aromatic nitrogens is 4. The van der Waals surface area contributed by atoms with Crippen molar-refractivity contribution in [2.24, 2.45) is 0 Å². The number of nitrogens with zero attached hydrogens (tertiary/aromatic N) is 4. The molecule has 0 atom stereocenters. The largest absolute Gasteiger partial charge is 0.488 e. The second kappa shape index (κ2) is 14.6. The van der Waals surface area contributed by atoms with E-state index in [2.05, 4.69) is 78.2 Å². The van der Waals surface area contributed by atoms with Crippen molar-refractivity contribution in [2.75, 3.05) is 6.54 Å². The van der Waals surface area contributed by atoms with Gasteiger partial charge in [0, 0.05) is 36.4 Å². The van der Waals surface area contributed by atoms with Gasteiger partial charge in [0.2, 0.25) is 11.8 Å². The van der Waals surface area contributed by atoms with Crippen LogP contribution in [-0.2, 0) is 29.3 Å².